The van der Waals surface area contributed by atoms with Gasteiger partial charge >= 0.3 is 0 Å². The minimum absolute atomic E-state index is 0.232. The number of para-hydroxylation sites is 1. The van der Waals surface area contributed by atoms with Crippen molar-refractivity contribution in [2.75, 3.05) is 35.7 Å². The number of aromatic nitrogens is 2. The van der Waals surface area contributed by atoms with Gasteiger partial charge in [0.05, 0.1) is 45.0 Å². The highest BCUT2D eigenvalue weighted by Crippen LogP contribution is 2.36. The molecule has 4 aromatic rings. The number of fused-ring (bicyclic) bond motifs is 1. The van der Waals surface area contributed by atoms with Gasteiger partial charge in [0.25, 0.3) is 0 Å². The smallest absolute Gasteiger partial charge is 0.229 e. The topological polar surface area (TPSA) is 117 Å². The summed E-state index contributed by atoms with van der Waals surface area (Å²) < 4.78 is 32.5. The van der Waals surface area contributed by atoms with Gasteiger partial charge in [0, 0.05) is 24.8 Å². The fraction of sp³-hybridized carbons (Fsp3) is 0.333. The number of sulfone groups is 1. The van der Waals surface area contributed by atoms with Crippen LogP contribution in [0.5, 0.6) is 5.75 Å². The lowest BCUT2D eigenvalue weighted by atomic mass is 10.1. The average Bonchev–Trinajstić information content (AvgIpc) is 3.39. The number of aliphatic hydroxyl groups is 1. The predicted molar refractivity (Wildman–Crippen MR) is 153 cm³/mol. The van der Waals surface area contributed by atoms with Gasteiger partial charge in [-0.15, -0.1) is 11.3 Å². The Hall–Kier alpha value is -3.41. The van der Waals surface area contributed by atoms with Crippen molar-refractivity contribution in [1.82, 2.24) is 9.97 Å². The quantitative estimate of drug-likeness (QED) is 0.266. The van der Waals surface area contributed by atoms with Crippen molar-refractivity contribution >= 4 is 60.2 Å². The minimum atomic E-state index is -3.50. The number of hydrogen-bond acceptors (Lipinski definition) is 10. The van der Waals surface area contributed by atoms with E-state index in [1.807, 2.05) is 29.6 Å². The lowest BCUT2D eigenvalue weighted by Gasteiger charge is -2.31. The third kappa shape index (κ3) is 5.27. The normalized spacial score (nSPS) is 14.7. The van der Waals surface area contributed by atoms with Gasteiger partial charge in [-0.2, -0.15) is 4.98 Å². The van der Waals surface area contributed by atoms with Crippen LogP contribution in [-0.4, -0.2) is 55.0 Å². The van der Waals surface area contributed by atoms with Gasteiger partial charge in [-0.1, -0.05) is 12.1 Å². The van der Waals surface area contributed by atoms with Crippen molar-refractivity contribution in [3.05, 3.63) is 53.9 Å². The molecule has 0 atom stereocenters. The molecule has 0 aliphatic carbocycles. The lowest BCUT2D eigenvalue weighted by molar-refractivity contribution is 0.145. The van der Waals surface area contributed by atoms with Gasteiger partial charge < -0.3 is 25.4 Å². The number of nitrogens with one attached hydrogen (secondary N) is 2. The Morgan fingerprint density at radius 1 is 1.05 bits per heavy atom. The standard InChI is InChI=1S/C27H31N5O4S2/c1-17(2)38(34,35)24-7-5-4-6-21(24)28-26-25-22(12-15-37-25)30-27(31-26)29-20-9-8-18(16-23(20)36-3)32-13-10-19(33)11-14-32/h4-9,12,15-17,19,33H,10-11,13-14H2,1-3H3,(H2,28,29,30,31). The molecule has 1 fully saturated rings. The van der Waals surface area contributed by atoms with Crippen LogP contribution in [-0.2, 0) is 9.84 Å². The fourth-order valence-corrected chi connectivity index (χ4v) is 6.41. The second kappa shape index (κ2) is 10.8. The second-order valence-electron chi connectivity index (χ2n) is 9.47. The summed E-state index contributed by atoms with van der Waals surface area (Å²) in [5.41, 5.74) is 2.94. The van der Waals surface area contributed by atoms with Crippen molar-refractivity contribution in [1.29, 1.82) is 0 Å². The molecule has 3 N–H and O–H groups in total. The van der Waals surface area contributed by atoms with Crippen LogP contribution in [0.2, 0.25) is 0 Å². The molecule has 1 saturated heterocycles. The highest BCUT2D eigenvalue weighted by Gasteiger charge is 2.24. The van der Waals surface area contributed by atoms with Crippen LogP contribution < -0.4 is 20.3 Å². The molecule has 0 radical (unpaired) electrons. The van der Waals surface area contributed by atoms with Crippen molar-refractivity contribution in [2.45, 2.75) is 42.9 Å². The van der Waals surface area contributed by atoms with E-state index in [9.17, 15) is 13.5 Å². The number of anilines is 5. The van der Waals surface area contributed by atoms with Gasteiger partial charge in [-0.3, -0.25) is 0 Å². The monoisotopic (exact) mass is 553 g/mol. The molecule has 2 aromatic carbocycles. The minimum Gasteiger partial charge on any atom is -0.494 e. The van der Waals surface area contributed by atoms with Crippen molar-refractivity contribution in [3.8, 4) is 5.75 Å². The van der Waals surface area contributed by atoms with Crippen LogP contribution >= 0.6 is 11.3 Å². The van der Waals surface area contributed by atoms with Gasteiger partial charge in [0.15, 0.2) is 15.7 Å². The molecule has 1 aliphatic rings. The number of benzene rings is 2. The summed E-state index contributed by atoms with van der Waals surface area (Å²) in [5.74, 6) is 1.52. The summed E-state index contributed by atoms with van der Waals surface area (Å²) >= 11 is 1.48. The van der Waals surface area contributed by atoms with Gasteiger partial charge in [-0.05, 0) is 62.4 Å². The van der Waals surface area contributed by atoms with E-state index in [2.05, 4.69) is 20.5 Å². The summed E-state index contributed by atoms with van der Waals surface area (Å²) in [4.78, 5) is 11.8. The number of thiophene rings is 1. The zero-order valence-corrected chi connectivity index (χ0v) is 23.1. The number of nitrogens with zero attached hydrogens (tertiary/aromatic N) is 3. The molecule has 0 amide bonds. The second-order valence-corrected chi connectivity index (χ2v) is 12.9. The fourth-order valence-electron chi connectivity index (χ4n) is 4.43. The molecular formula is C27H31N5O4S2. The maximum Gasteiger partial charge on any atom is 0.229 e. The zero-order valence-electron chi connectivity index (χ0n) is 21.5. The highest BCUT2D eigenvalue weighted by molar-refractivity contribution is 7.92. The molecule has 0 bridgehead atoms. The van der Waals surface area contributed by atoms with Crippen LogP contribution in [0.1, 0.15) is 26.7 Å². The maximum atomic E-state index is 13.0. The lowest BCUT2D eigenvalue weighted by Crippen LogP contribution is -2.35. The average molecular weight is 554 g/mol. The molecule has 11 heteroatoms. The van der Waals surface area contributed by atoms with Crippen molar-refractivity contribution in [3.63, 3.8) is 0 Å². The van der Waals surface area contributed by atoms with E-state index in [1.165, 1.54) is 11.3 Å². The first-order chi connectivity index (χ1) is 18.3. The molecule has 200 valence electrons. The van der Waals surface area contributed by atoms with E-state index in [0.29, 0.717) is 28.9 Å². The van der Waals surface area contributed by atoms with Crippen LogP contribution in [0.15, 0.2) is 58.8 Å². The number of hydrogen-bond donors (Lipinski definition) is 3. The van der Waals surface area contributed by atoms with E-state index in [1.54, 1.807) is 45.2 Å². The Labute approximate surface area is 226 Å². The molecule has 9 nitrogen and oxygen atoms in total. The van der Waals surface area contributed by atoms with E-state index < -0.39 is 15.1 Å². The van der Waals surface area contributed by atoms with Crippen LogP contribution in [0.4, 0.5) is 28.8 Å². The molecule has 2 aromatic heterocycles. The Balaban J connectivity index is 1.46. The van der Waals surface area contributed by atoms with Gasteiger partial charge in [-0.25, -0.2) is 13.4 Å². The summed E-state index contributed by atoms with van der Waals surface area (Å²) in [6.45, 7) is 4.92. The zero-order chi connectivity index (χ0) is 26.9. The number of piperidine rings is 1. The Bertz CT molecular complexity index is 1550. The molecule has 38 heavy (non-hydrogen) atoms. The first-order valence-corrected chi connectivity index (χ1v) is 14.9. The largest absolute Gasteiger partial charge is 0.494 e. The van der Waals surface area contributed by atoms with Crippen LogP contribution in [0.25, 0.3) is 10.2 Å². The SMILES string of the molecule is COc1cc(N2CCC(O)CC2)ccc1Nc1nc(Nc2ccccc2S(=O)(=O)C(C)C)c2sccc2n1. The maximum absolute atomic E-state index is 13.0. The summed E-state index contributed by atoms with van der Waals surface area (Å²) in [6.07, 6.45) is 1.25. The molecule has 3 heterocycles. The Kier molecular flexibility index (Phi) is 7.42. The van der Waals surface area contributed by atoms with E-state index in [4.69, 9.17) is 9.72 Å². The summed E-state index contributed by atoms with van der Waals surface area (Å²) in [7, 11) is -1.89. The van der Waals surface area contributed by atoms with Gasteiger partial charge in [0.1, 0.15) is 5.75 Å². The third-order valence-electron chi connectivity index (χ3n) is 6.63. The molecule has 0 unspecified atom stereocenters. The summed E-state index contributed by atoms with van der Waals surface area (Å²) in [6, 6.07) is 14.7. The number of aliphatic hydroxyl groups excluding tert-OH is 1. The highest BCUT2D eigenvalue weighted by atomic mass is 32.2. The van der Waals surface area contributed by atoms with E-state index in [-0.39, 0.29) is 11.0 Å². The van der Waals surface area contributed by atoms with Crippen LogP contribution in [0, 0.1) is 0 Å². The van der Waals surface area contributed by atoms with Gasteiger partial charge in [0.2, 0.25) is 5.95 Å². The molecule has 0 spiro atoms. The number of rotatable bonds is 8. The van der Waals surface area contributed by atoms with E-state index in [0.717, 1.165) is 41.8 Å². The Morgan fingerprint density at radius 2 is 1.82 bits per heavy atom. The Morgan fingerprint density at radius 3 is 2.55 bits per heavy atom. The third-order valence-corrected chi connectivity index (χ3v) is 9.75. The van der Waals surface area contributed by atoms with Crippen LogP contribution in [0.3, 0.4) is 0 Å². The molecule has 1 aliphatic heterocycles. The molecule has 0 saturated carbocycles. The molecular weight excluding hydrogens is 522 g/mol. The number of ether oxygens (including phenoxy) is 1. The van der Waals surface area contributed by atoms with Crippen molar-refractivity contribution in [2.24, 2.45) is 0 Å². The number of methoxy groups -OCH3 is 1. The van der Waals surface area contributed by atoms with E-state index >= 15 is 0 Å². The van der Waals surface area contributed by atoms with Crippen molar-refractivity contribution < 1.29 is 18.3 Å². The molecule has 5 rings (SSSR count). The predicted octanol–water partition coefficient (Wildman–Crippen LogP) is 5.33. The summed E-state index contributed by atoms with van der Waals surface area (Å²) in [5, 5.41) is 17.7. The first kappa shape index (κ1) is 26.2. The first-order valence-electron chi connectivity index (χ1n) is 12.5.